The number of fused-ring (bicyclic) bond motifs is 1. The van der Waals surface area contributed by atoms with E-state index >= 15 is 0 Å². The van der Waals surface area contributed by atoms with Gasteiger partial charge in [0.05, 0.1) is 6.10 Å². The van der Waals surface area contributed by atoms with E-state index in [1.165, 1.54) is 48.7 Å². The lowest BCUT2D eigenvalue weighted by molar-refractivity contribution is -0.663. The third kappa shape index (κ3) is 3.36. The van der Waals surface area contributed by atoms with Crippen molar-refractivity contribution in [1.82, 2.24) is 4.57 Å². The van der Waals surface area contributed by atoms with Gasteiger partial charge >= 0.3 is 0 Å². The van der Waals surface area contributed by atoms with Crippen molar-refractivity contribution in [3.8, 4) is 0 Å². The van der Waals surface area contributed by atoms with Crippen molar-refractivity contribution >= 4 is 11.0 Å². The largest absolute Gasteiger partial charge is 0.338 e. The summed E-state index contributed by atoms with van der Waals surface area (Å²) in [5, 5.41) is 0. The summed E-state index contributed by atoms with van der Waals surface area (Å²) < 4.78 is 10.7. The zero-order chi connectivity index (χ0) is 16.2. The van der Waals surface area contributed by atoms with Gasteiger partial charge in [-0.25, -0.2) is 9.13 Å². The van der Waals surface area contributed by atoms with E-state index in [0.29, 0.717) is 12.8 Å². The summed E-state index contributed by atoms with van der Waals surface area (Å²) in [6, 6.07) is 19.2. The molecule has 4 rings (SSSR count). The summed E-state index contributed by atoms with van der Waals surface area (Å²) in [6.45, 7) is 1.53. The van der Waals surface area contributed by atoms with Gasteiger partial charge in [-0.2, -0.15) is 0 Å². The zero-order valence-electron chi connectivity index (χ0n) is 14.1. The maximum absolute atomic E-state index is 6.19. The minimum Gasteiger partial charge on any atom is -0.338 e. The Bertz CT molecular complexity index is 788. The topological polar surface area (TPSA) is 18.0 Å². The summed E-state index contributed by atoms with van der Waals surface area (Å²) in [6.07, 6.45) is 9.04. The van der Waals surface area contributed by atoms with Crippen LogP contribution in [0, 0.1) is 0 Å². The van der Waals surface area contributed by atoms with Gasteiger partial charge in [0, 0.05) is 0 Å². The molecule has 3 aromatic rings. The number of ether oxygens (including phenoxy) is 1. The summed E-state index contributed by atoms with van der Waals surface area (Å²) in [7, 11) is 0. The molecule has 1 aromatic heterocycles. The van der Waals surface area contributed by atoms with E-state index in [1.54, 1.807) is 0 Å². The van der Waals surface area contributed by atoms with E-state index < -0.39 is 0 Å². The van der Waals surface area contributed by atoms with Gasteiger partial charge in [-0.15, -0.1) is 0 Å². The lowest BCUT2D eigenvalue weighted by Crippen LogP contribution is -2.32. The first-order valence-corrected chi connectivity index (χ1v) is 9.03. The predicted molar refractivity (Wildman–Crippen MR) is 95.6 cm³/mol. The van der Waals surface area contributed by atoms with Crippen molar-refractivity contribution < 1.29 is 9.30 Å². The van der Waals surface area contributed by atoms with Crippen LogP contribution >= 0.6 is 0 Å². The van der Waals surface area contributed by atoms with Crippen LogP contribution in [-0.4, -0.2) is 10.7 Å². The van der Waals surface area contributed by atoms with Crippen LogP contribution in [0.15, 0.2) is 60.9 Å². The molecule has 1 aliphatic carbocycles. The Morgan fingerprint density at radius 1 is 0.917 bits per heavy atom. The summed E-state index contributed by atoms with van der Waals surface area (Å²) >= 11 is 0. The van der Waals surface area contributed by atoms with Crippen LogP contribution in [0.5, 0.6) is 0 Å². The standard InChI is InChI=1S/C21H25N2O/c1-3-9-18(10-4-1)15-22-16-23(21-14-8-7-13-20(21)22)17-24-19-11-5-2-6-12-19/h1,3-4,7-10,13-14,16,19H,2,5-6,11-12,15,17H2/q+1. The first-order valence-electron chi connectivity index (χ1n) is 9.03. The van der Waals surface area contributed by atoms with Crippen LogP contribution in [0.4, 0.5) is 0 Å². The maximum atomic E-state index is 6.19. The Labute approximate surface area is 143 Å². The third-order valence-electron chi connectivity index (χ3n) is 4.98. The Balaban J connectivity index is 1.56. The highest BCUT2D eigenvalue weighted by molar-refractivity contribution is 5.71. The Hall–Kier alpha value is -2.13. The molecular formula is C21H25N2O+. The normalized spacial score (nSPS) is 15.8. The van der Waals surface area contributed by atoms with Crippen LogP contribution in [0.1, 0.15) is 37.7 Å². The van der Waals surface area contributed by atoms with Crippen LogP contribution in [0.2, 0.25) is 0 Å². The van der Waals surface area contributed by atoms with E-state index in [9.17, 15) is 0 Å². The predicted octanol–water partition coefficient (Wildman–Crippen LogP) is 4.28. The summed E-state index contributed by atoms with van der Waals surface area (Å²) in [4.78, 5) is 0. The molecule has 2 aromatic carbocycles. The van der Waals surface area contributed by atoms with E-state index in [2.05, 4.69) is 70.1 Å². The van der Waals surface area contributed by atoms with Crippen molar-refractivity contribution in [2.45, 2.75) is 51.5 Å². The van der Waals surface area contributed by atoms with Crippen LogP contribution < -0.4 is 4.57 Å². The average Bonchev–Trinajstić information content (AvgIpc) is 3.00. The van der Waals surface area contributed by atoms with Crippen molar-refractivity contribution in [2.75, 3.05) is 0 Å². The average molecular weight is 321 g/mol. The SMILES string of the molecule is c1ccc(C[n+]2cn(COC3CCCCC3)c3ccccc32)cc1. The molecule has 3 heteroatoms. The van der Waals surface area contributed by atoms with Gasteiger partial charge in [-0.3, -0.25) is 0 Å². The van der Waals surface area contributed by atoms with Crippen LogP contribution in [0.3, 0.4) is 0 Å². The summed E-state index contributed by atoms with van der Waals surface area (Å²) in [5.74, 6) is 0. The number of benzene rings is 2. The first kappa shape index (κ1) is 15.4. The van der Waals surface area contributed by atoms with Crippen molar-refractivity contribution in [2.24, 2.45) is 0 Å². The molecule has 1 heterocycles. The summed E-state index contributed by atoms with van der Waals surface area (Å²) in [5.41, 5.74) is 3.82. The number of para-hydroxylation sites is 2. The van der Waals surface area contributed by atoms with Crippen molar-refractivity contribution in [3.63, 3.8) is 0 Å². The third-order valence-corrected chi connectivity index (χ3v) is 4.98. The fourth-order valence-electron chi connectivity index (χ4n) is 3.67. The van der Waals surface area contributed by atoms with Crippen LogP contribution in [0.25, 0.3) is 11.0 Å². The lowest BCUT2D eigenvalue weighted by Gasteiger charge is -2.20. The molecule has 0 atom stereocenters. The minimum atomic E-state index is 0.433. The highest BCUT2D eigenvalue weighted by Crippen LogP contribution is 2.21. The van der Waals surface area contributed by atoms with Gasteiger partial charge in [-0.05, 0) is 30.5 Å². The second-order valence-electron chi connectivity index (χ2n) is 6.74. The second kappa shape index (κ2) is 7.18. The van der Waals surface area contributed by atoms with Gasteiger partial charge in [0.2, 0.25) is 6.33 Å². The van der Waals surface area contributed by atoms with Crippen molar-refractivity contribution in [1.29, 1.82) is 0 Å². The van der Waals surface area contributed by atoms with Gasteiger partial charge < -0.3 is 4.74 Å². The zero-order valence-corrected chi connectivity index (χ0v) is 14.1. The molecule has 0 radical (unpaired) electrons. The molecule has 0 bridgehead atoms. The van der Waals surface area contributed by atoms with Gasteiger partial charge in [0.25, 0.3) is 0 Å². The quantitative estimate of drug-likeness (QED) is 0.641. The van der Waals surface area contributed by atoms with Gasteiger partial charge in [0.15, 0.2) is 17.8 Å². The lowest BCUT2D eigenvalue weighted by atomic mass is 9.98. The number of nitrogens with zero attached hydrogens (tertiary/aromatic N) is 2. The molecule has 0 saturated heterocycles. The Morgan fingerprint density at radius 2 is 1.67 bits per heavy atom. The van der Waals surface area contributed by atoms with Gasteiger partial charge in [0.1, 0.15) is 6.54 Å². The molecule has 1 aliphatic rings. The van der Waals surface area contributed by atoms with Crippen molar-refractivity contribution in [3.05, 3.63) is 66.5 Å². The molecule has 1 fully saturated rings. The monoisotopic (exact) mass is 321 g/mol. The molecular weight excluding hydrogens is 296 g/mol. The Kier molecular flexibility index (Phi) is 4.61. The molecule has 124 valence electrons. The second-order valence-corrected chi connectivity index (χ2v) is 6.74. The molecule has 0 aliphatic heterocycles. The molecule has 3 nitrogen and oxygen atoms in total. The van der Waals surface area contributed by atoms with Gasteiger partial charge in [-0.1, -0.05) is 61.7 Å². The molecule has 0 N–H and O–H groups in total. The smallest absolute Gasteiger partial charge is 0.246 e. The molecule has 0 unspecified atom stereocenters. The highest BCUT2D eigenvalue weighted by Gasteiger charge is 2.18. The van der Waals surface area contributed by atoms with E-state index in [0.717, 1.165) is 6.54 Å². The Morgan fingerprint density at radius 3 is 2.50 bits per heavy atom. The van der Waals surface area contributed by atoms with E-state index in [1.807, 2.05) is 0 Å². The van der Waals surface area contributed by atoms with E-state index in [-0.39, 0.29) is 0 Å². The maximum Gasteiger partial charge on any atom is 0.246 e. The minimum absolute atomic E-state index is 0.433. The molecule has 1 saturated carbocycles. The first-order chi connectivity index (χ1) is 11.9. The number of aromatic nitrogens is 2. The molecule has 24 heavy (non-hydrogen) atoms. The number of hydrogen-bond acceptors (Lipinski definition) is 1. The highest BCUT2D eigenvalue weighted by atomic mass is 16.5. The fourth-order valence-corrected chi connectivity index (χ4v) is 3.67. The van der Waals surface area contributed by atoms with Crippen LogP contribution in [-0.2, 0) is 18.0 Å². The number of rotatable bonds is 5. The number of imidazole rings is 1. The fraction of sp³-hybridized carbons (Fsp3) is 0.381. The van der Waals surface area contributed by atoms with E-state index in [4.69, 9.17) is 4.74 Å². The number of hydrogen-bond donors (Lipinski definition) is 0. The molecule has 0 amide bonds. The molecule has 0 spiro atoms.